The standard InChI is InChI=1S/C15H17ClN2O/c1-10(17)8-12-5-6-15(13(16)9-12)19-14-4-3-7-18-11(14)2/h3-7,9-10H,8,17H2,1-2H3. The molecule has 0 saturated carbocycles. The first-order chi connectivity index (χ1) is 9.06. The molecule has 2 aromatic rings. The van der Waals surface area contributed by atoms with E-state index in [0.717, 1.165) is 17.7 Å². The fourth-order valence-corrected chi connectivity index (χ4v) is 2.06. The highest BCUT2D eigenvalue weighted by atomic mass is 35.5. The van der Waals surface area contributed by atoms with Crippen molar-refractivity contribution in [3.63, 3.8) is 0 Å². The van der Waals surface area contributed by atoms with Crippen molar-refractivity contribution >= 4 is 11.6 Å². The molecule has 1 heterocycles. The molecule has 19 heavy (non-hydrogen) atoms. The molecule has 0 aliphatic carbocycles. The molecule has 0 fully saturated rings. The van der Waals surface area contributed by atoms with Crippen LogP contribution in [0.3, 0.4) is 0 Å². The van der Waals surface area contributed by atoms with Gasteiger partial charge in [0.05, 0.1) is 10.7 Å². The van der Waals surface area contributed by atoms with Gasteiger partial charge in [0.1, 0.15) is 11.5 Å². The third-order valence-electron chi connectivity index (χ3n) is 2.73. The van der Waals surface area contributed by atoms with Crippen LogP contribution in [-0.2, 0) is 6.42 Å². The summed E-state index contributed by atoms with van der Waals surface area (Å²) in [7, 11) is 0. The molecule has 100 valence electrons. The molecule has 2 rings (SSSR count). The molecule has 2 N–H and O–H groups in total. The maximum absolute atomic E-state index is 6.23. The number of aryl methyl sites for hydroxylation is 1. The lowest BCUT2D eigenvalue weighted by atomic mass is 10.1. The summed E-state index contributed by atoms with van der Waals surface area (Å²) in [4.78, 5) is 4.18. The van der Waals surface area contributed by atoms with E-state index in [1.807, 2.05) is 44.2 Å². The lowest BCUT2D eigenvalue weighted by Crippen LogP contribution is -2.17. The minimum absolute atomic E-state index is 0.114. The minimum atomic E-state index is 0.114. The first-order valence-electron chi connectivity index (χ1n) is 6.19. The van der Waals surface area contributed by atoms with Gasteiger partial charge in [-0.1, -0.05) is 17.7 Å². The Hall–Kier alpha value is -1.58. The Morgan fingerprint density at radius 2 is 2.11 bits per heavy atom. The van der Waals surface area contributed by atoms with Gasteiger partial charge in [-0.15, -0.1) is 0 Å². The van der Waals surface area contributed by atoms with Crippen LogP contribution in [0.4, 0.5) is 0 Å². The largest absolute Gasteiger partial charge is 0.454 e. The van der Waals surface area contributed by atoms with E-state index in [0.29, 0.717) is 16.5 Å². The zero-order valence-electron chi connectivity index (χ0n) is 11.1. The predicted molar refractivity (Wildman–Crippen MR) is 77.9 cm³/mol. The van der Waals surface area contributed by atoms with E-state index in [2.05, 4.69) is 4.98 Å². The lowest BCUT2D eigenvalue weighted by Gasteiger charge is -2.11. The van der Waals surface area contributed by atoms with Crippen LogP contribution in [0.25, 0.3) is 0 Å². The monoisotopic (exact) mass is 276 g/mol. The normalized spacial score (nSPS) is 12.2. The van der Waals surface area contributed by atoms with Crippen LogP contribution in [-0.4, -0.2) is 11.0 Å². The third-order valence-corrected chi connectivity index (χ3v) is 3.03. The summed E-state index contributed by atoms with van der Waals surface area (Å²) in [6, 6.07) is 9.56. The number of nitrogens with zero attached hydrogens (tertiary/aromatic N) is 1. The van der Waals surface area contributed by atoms with Crippen LogP contribution in [0.1, 0.15) is 18.2 Å². The Bertz CT molecular complexity index is 570. The van der Waals surface area contributed by atoms with Crippen LogP contribution in [0.15, 0.2) is 36.5 Å². The van der Waals surface area contributed by atoms with E-state index in [1.165, 1.54) is 0 Å². The molecular weight excluding hydrogens is 260 g/mol. The zero-order chi connectivity index (χ0) is 13.8. The second kappa shape index (κ2) is 6.04. The van der Waals surface area contributed by atoms with Crippen molar-refractivity contribution in [2.45, 2.75) is 26.3 Å². The van der Waals surface area contributed by atoms with Crippen molar-refractivity contribution in [2.24, 2.45) is 5.73 Å². The van der Waals surface area contributed by atoms with Crippen LogP contribution >= 0.6 is 11.6 Å². The summed E-state index contributed by atoms with van der Waals surface area (Å²) in [5, 5.41) is 0.585. The van der Waals surface area contributed by atoms with E-state index in [-0.39, 0.29) is 6.04 Å². The number of benzene rings is 1. The SMILES string of the molecule is Cc1ncccc1Oc1ccc(CC(C)N)cc1Cl. The average molecular weight is 277 g/mol. The molecule has 1 unspecified atom stereocenters. The quantitative estimate of drug-likeness (QED) is 0.926. The molecular formula is C15H17ClN2O. The molecule has 0 amide bonds. The highest BCUT2D eigenvalue weighted by molar-refractivity contribution is 6.32. The highest BCUT2D eigenvalue weighted by Gasteiger charge is 2.07. The number of rotatable bonds is 4. The number of aromatic nitrogens is 1. The summed E-state index contributed by atoms with van der Waals surface area (Å²) in [6.45, 7) is 3.87. The number of halogens is 1. The van der Waals surface area contributed by atoms with Crippen molar-refractivity contribution in [1.29, 1.82) is 0 Å². The van der Waals surface area contributed by atoms with Crippen molar-refractivity contribution < 1.29 is 4.74 Å². The Morgan fingerprint density at radius 1 is 1.32 bits per heavy atom. The maximum Gasteiger partial charge on any atom is 0.148 e. The topological polar surface area (TPSA) is 48.1 Å². The van der Waals surface area contributed by atoms with Crippen LogP contribution in [0.5, 0.6) is 11.5 Å². The van der Waals surface area contributed by atoms with E-state index in [9.17, 15) is 0 Å². The highest BCUT2D eigenvalue weighted by Crippen LogP contribution is 2.31. The molecule has 1 aromatic carbocycles. The van der Waals surface area contributed by atoms with Gasteiger partial charge < -0.3 is 10.5 Å². The summed E-state index contributed by atoms with van der Waals surface area (Å²) < 4.78 is 5.77. The maximum atomic E-state index is 6.23. The Balaban J connectivity index is 2.20. The number of nitrogens with two attached hydrogens (primary N) is 1. The van der Waals surface area contributed by atoms with Gasteiger partial charge in [0.25, 0.3) is 0 Å². The first-order valence-corrected chi connectivity index (χ1v) is 6.57. The molecule has 0 aliphatic rings. The Labute approximate surface area is 118 Å². The smallest absolute Gasteiger partial charge is 0.148 e. The predicted octanol–water partition coefficient (Wildman–Crippen LogP) is 3.73. The average Bonchev–Trinajstić information content (AvgIpc) is 2.34. The molecule has 1 atom stereocenters. The van der Waals surface area contributed by atoms with Gasteiger partial charge in [-0.3, -0.25) is 4.98 Å². The van der Waals surface area contributed by atoms with E-state index in [4.69, 9.17) is 22.1 Å². The molecule has 0 spiro atoms. The molecule has 3 nitrogen and oxygen atoms in total. The molecule has 1 aromatic heterocycles. The van der Waals surface area contributed by atoms with Gasteiger partial charge in [-0.25, -0.2) is 0 Å². The fraction of sp³-hybridized carbons (Fsp3) is 0.267. The van der Waals surface area contributed by atoms with Gasteiger partial charge in [-0.05, 0) is 50.1 Å². The van der Waals surface area contributed by atoms with E-state index < -0.39 is 0 Å². The third kappa shape index (κ3) is 3.69. The lowest BCUT2D eigenvalue weighted by molar-refractivity contribution is 0.475. The van der Waals surface area contributed by atoms with Gasteiger partial charge in [0.15, 0.2) is 0 Å². The summed E-state index contributed by atoms with van der Waals surface area (Å²) in [6.07, 6.45) is 2.53. The Kier molecular flexibility index (Phi) is 4.40. The summed E-state index contributed by atoms with van der Waals surface area (Å²) in [5.74, 6) is 1.34. The van der Waals surface area contributed by atoms with Gasteiger partial charge in [-0.2, -0.15) is 0 Å². The van der Waals surface area contributed by atoms with Gasteiger partial charge >= 0.3 is 0 Å². The van der Waals surface area contributed by atoms with Crippen molar-refractivity contribution in [3.05, 3.63) is 52.8 Å². The van der Waals surface area contributed by atoms with Crippen LogP contribution in [0, 0.1) is 6.92 Å². The minimum Gasteiger partial charge on any atom is -0.454 e. The molecule has 0 radical (unpaired) electrons. The molecule has 4 heteroatoms. The van der Waals surface area contributed by atoms with Crippen LogP contribution < -0.4 is 10.5 Å². The van der Waals surface area contributed by atoms with Gasteiger partial charge in [0.2, 0.25) is 0 Å². The van der Waals surface area contributed by atoms with Gasteiger partial charge in [0, 0.05) is 12.2 Å². The second-order valence-electron chi connectivity index (χ2n) is 4.64. The second-order valence-corrected chi connectivity index (χ2v) is 5.04. The Morgan fingerprint density at radius 3 is 2.74 bits per heavy atom. The number of hydrogen-bond acceptors (Lipinski definition) is 3. The zero-order valence-corrected chi connectivity index (χ0v) is 11.8. The first kappa shape index (κ1) is 13.8. The van der Waals surface area contributed by atoms with Crippen molar-refractivity contribution in [1.82, 2.24) is 4.98 Å². The van der Waals surface area contributed by atoms with Crippen molar-refractivity contribution in [3.8, 4) is 11.5 Å². The van der Waals surface area contributed by atoms with Crippen molar-refractivity contribution in [2.75, 3.05) is 0 Å². The number of pyridine rings is 1. The van der Waals surface area contributed by atoms with E-state index >= 15 is 0 Å². The number of hydrogen-bond donors (Lipinski definition) is 1. The summed E-state index contributed by atoms with van der Waals surface area (Å²) >= 11 is 6.23. The van der Waals surface area contributed by atoms with E-state index in [1.54, 1.807) is 6.20 Å². The molecule has 0 bridgehead atoms. The molecule has 0 saturated heterocycles. The summed E-state index contributed by atoms with van der Waals surface area (Å²) in [5.41, 5.74) is 7.71. The number of ether oxygens (including phenoxy) is 1. The molecule has 0 aliphatic heterocycles. The fourth-order valence-electron chi connectivity index (χ4n) is 1.82. The van der Waals surface area contributed by atoms with Crippen LogP contribution in [0.2, 0.25) is 5.02 Å².